The van der Waals surface area contributed by atoms with E-state index in [-0.39, 0.29) is 17.2 Å². The van der Waals surface area contributed by atoms with E-state index in [4.69, 9.17) is 0 Å². The van der Waals surface area contributed by atoms with Crippen LogP contribution in [-0.2, 0) is 11.3 Å². The zero-order valence-electron chi connectivity index (χ0n) is 15.9. The molecule has 2 aliphatic rings. The fourth-order valence-corrected chi connectivity index (χ4v) is 4.35. The summed E-state index contributed by atoms with van der Waals surface area (Å²) in [5, 5.41) is 3.11. The Bertz CT molecular complexity index is 879. The molecule has 0 spiro atoms. The van der Waals surface area contributed by atoms with E-state index in [9.17, 15) is 9.59 Å². The average Bonchev–Trinajstić information content (AvgIpc) is 2.76. The SMILES string of the molecule is O=C(NC[C@@]12CCCC=C1N(Cc1ccccc1)C(=O)CC2)c1ccncc1. The summed E-state index contributed by atoms with van der Waals surface area (Å²) in [7, 11) is 0. The van der Waals surface area contributed by atoms with Crippen LogP contribution in [0.1, 0.15) is 48.0 Å². The lowest BCUT2D eigenvalue weighted by Gasteiger charge is -2.47. The fraction of sp³-hybridized carbons (Fsp3) is 0.348. The number of hydrogen-bond acceptors (Lipinski definition) is 3. The molecule has 1 N–H and O–H groups in total. The Hall–Kier alpha value is -2.95. The van der Waals surface area contributed by atoms with E-state index >= 15 is 0 Å². The molecule has 1 aromatic heterocycles. The molecule has 2 amide bonds. The number of aromatic nitrogens is 1. The van der Waals surface area contributed by atoms with Crippen molar-refractivity contribution in [1.29, 1.82) is 0 Å². The van der Waals surface area contributed by atoms with Crippen LogP contribution in [0.4, 0.5) is 0 Å². The Kier molecular flexibility index (Phi) is 5.24. The highest BCUT2D eigenvalue weighted by Gasteiger charge is 2.44. The highest BCUT2D eigenvalue weighted by atomic mass is 16.2. The van der Waals surface area contributed by atoms with Crippen molar-refractivity contribution < 1.29 is 9.59 Å². The molecule has 0 saturated carbocycles. The van der Waals surface area contributed by atoms with E-state index in [0.29, 0.717) is 25.1 Å². The van der Waals surface area contributed by atoms with Gasteiger partial charge in [-0.1, -0.05) is 36.4 Å². The van der Waals surface area contributed by atoms with Crippen molar-refractivity contribution in [3.8, 4) is 0 Å². The van der Waals surface area contributed by atoms with E-state index in [1.807, 2.05) is 23.1 Å². The van der Waals surface area contributed by atoms with Gasteiger partial charge in [-0.15, -0.1) is 0 Å². The number of fused-ring (bicyclic) bond motifs is 1. The molecule has 4 rings (SSSR count). The molecule has 2 heterocycles. The highest BCUT2D eigenvalue weighted by Crippen LogP contribution is 2.46. The van der Waals surface area contributed by atoms with Crippen LogP contribution >= 0.6 is 0 Å². The molecule has 144 valence electrons. The van der Waals surface area contributed by atoms with E-state index in [1.165, 1.54) is 0 Å². The van der Waals surface area contributed by atoms with Gasteiger partial charge in [0.25, 0.3) is 5.91 Å². The van der Waals surface area contributed by atoms with Gasteiger partial charge in [0.2, 0.25) is 5.91 Å². The molecule has 1 saturated heterocycles. The first kappa shape index (κ1) is 18.4. The summed E-state index contributed by atoms with van der Waals surface area (Å²) in [6.45, 7) is 1.14. The minimum absolute atomic E-state index is 0.0896. The molecule has 0 unspecified atom stereocenters. The van der Waals surface area contributed by atoms with Crippen molar-refractivity contribution in [1.82, 2.24) is 15.2 Å². The normalized spacial score (nSPS) is 21.6. The number of carbonyl (C=O) groups excluding carboxylic acids is 2. The summed E-state index contributed by atoms with van der Waals surface area (Å²) < 4.78 is 0. The largest absolute Gasteiger partial charge is 0.351 e. The number of hydrogen-bond donors (Lipinski definition) is 1. The lowest BCUT2D eigenvalue weighted by molar-refractivity contribution is -0.134. The predicted octanol–water partition coefficient (Wildman–Crippen LogP) is 3.69. The smallest absolute Gasteiger partial charge is 0.251 e. The van der Waals surface area contributed by atoms with Crippen LogP contribution in [0.25, 0.3) is 0 Å². The topological polar surface area (TPSA) is 62.3 Å². The molecule has 1 atom stereocenters. The van der Waals surface area contributed by atoms with Crippen molar-refractivity contribution in [2.24, 2.45) is 5.41 Å². The number of benzene rings is 1. The number of piperidine rings is 1. The molecule has 5 heteroatoms. The highest BCUT2D eigenvalue weighted by molar-refractivity contribution is 5.94. The van der Waals surface area contributed by atoms with E-state index in [0.717, 1.165) is 36.9 Å². The standard InChI is InChI=1S/C23H25N3O2/c27-21-9-13-23(17-25-22(28)19-10-14-24-15-11-19)12-5-4-8-20(23)26(21)16-18-6-2-1-3-7-18/h1-3,6-8,10-11,14-15H,4-5,9,12-13,16-17H2,(H,25,28)/t23-/m0/s1. The molecule has 1 aliphatic heterocycles. The molecule has 2 aromatic rings. The molecule has 1 fully saturated rings. The average molecular weight is 375 g/mol. The Morgan fingerprint density at radius 2 is 1.89 bits per heavy atom. The van der Waals surface area contributed by atoms with Crippen molar-refractivity contribution in [2.75, 3.05) is 6.54 Å². The number of pyridine rings is 1. The maximum atomic E-state index is 12.7. The second-order valence-corrected chi connectivity index (χ2v) is 7.65. The van der Waals surface area contributed by atoms with Crippen LogP contribution in [-0.4, -0.2) is 28.2 Å². The van der Waals surface area contributed by atoms with Crippen LogP contribution in [0.15, 0.2) is 66.6 Å². The molecule has 0 radical (unpaired) electrons. The number of likely N-dealkylation sites (tertiary alicyclic amines) is 1. The Morgan fingerprint density at radius 1 is 1.11 bits per heavy atom. The Balaban J connectivity index is 1.54. The Labute approximate surface area is 165 Å². The zero-order chi connectivity index (χ0) is 19.4. The summed E-state index contributed by atoms with van der Waals surface area (Å²) in [6, 6.07) is 13.5. The number of rotatable bonds is 5. The van der Waals surface area contributed by atoms with Gasteiger partial charge in [-0.2, -0.15) is 0 Å². The number of carbonyl (C=O) groups is 2. The lowest BCUT2D eigenvalue weighted by Crippen LogP contribution is -2.50. The number of amides is 2. The van der Waals surface area contributed by atoms with Gasteiger partial charge in [0.15, 0.2) is 0 Å². The van der Waals surface area contributed by atoms with Crippen LogP contribution in [0, 0.1) is 5.41 Å². The molecular weight excluding hydrogens is 350 g/mol. The number of nitrogens with zero attached hydrogens (tertiary/aromatic N) is 2. The second-order valence-electron chi connectivity index (χ2n) is 7.65. The minimum atomic E-state index is -0.163. The van der Waals surface area contributed by atoms with Crippen LogP contribution in [0.5, 0.6) is 0 Å². The molecular formula is C23H25N3O2. The zero-order valence-corrected chi connectivity index (χ0v) is 15.9. The molecule has 1 aliphatic carbocycles. The van der Waals surface area contributed by atoms with Gasteiger partial charge < -0.3 is 10.2 Å². The molecule has 0 bridgehead atoms. The van der Waals surface area contributed by atoms with Gasteiger partial charge >= 0.3 is 0 Å². The van der Waals surface area contributed by atoms with E-state index in [1.54, 1.807) is 24.5 Å². The van der Waals surface area contributed by atoms with Crippen LogP contribution in [0.2, 0.25) is 0 Å². The quantitative estimate of drug-likeness (QED) is 0.867. The molecule has 5 nitrogen and oxygen atoms in total. The maximum absolute atomic E-state index is 12.7. The lowest BCUT2D eigenvalue weighted by atomic mass is 9.69. The first-order valence-corrected chi connectivity index (χ1v) is 9.91. The van der Waals surface area contributed by atoms with Gasteiger partial charge in [0.05, 0.1) is 6.54 Å². The van der Waals surface area contributed by atoms with E-state index in [2.05, 4.69) is 28.5 Å². The summed E-state index contributed by atoms with van der Waals surface area (Å²) >= 11 is 0. The number of allylic oxidation sites excluding steroid dienone is 1. The fourth-order valence-electron chi connectivity index (χ4n) is 4.35. The summed E-state index contributed by atoms with van der Waals surface area (Å²) in [6.07, 6.45) is 9.83. The van der Waals surface area contributed by atoms with Gasteiger partial charge in [0, 0.05) is 42.0 Å². The summed E-state index contributed by atoms with van der Waals surface area (Å²) in [5.74, 6) is 0.0845. The van der Waals surface area contributed by atoms with Crippen LogP contribution < -0.4 is 5.32 Å². The van der Waals surface area contributed by atoms with E-state index < -0.39 is 0 Å². The third-order valence-corrected chi connectivity index (χ3v) is 5.86. The molecule has 28 heavy (non-hydrogen) atoms. The Morgan fingerprint density at radius 3 is 2.68 bits per heavy atom. The van der Waals surface area contributed by atoms with Crippen molar-refractivity contribution in [3.63, 3.8) is 0 Å². The van der Waals surface area contributed by atoms with Gasteiger partial charge in [0.1, 0.15) is 0 Å². The van der Waals surface area contributed by atoms with Gasteiger partial charge in [-0.25, -0.2) is 0 Å². The monoisotopic (exact) mass is 375 g/mol. The number of nitrogens with one attached hydrogen (secondary N) is 1. The van der Waals surface area contributed by atoms with Crippen LogP contribution in [0.3, 0.4) is 0 Å². The van der Waals surface area contributed by atoms with Crippen molar-refractivity contribution >= 4 is 11.8 Å². The minimum Gasteiger partial charge on any atom is -0.351 e. The first-order valence-electron chi connectivity index (χ1n) is 9.91. The third kappa shape index (κ3) is 3.70. The van der Waals surface area contributed by atoms with Gasteiger partial charge in [-0.05, 0) is 43.4 Å². The molecule has 1 aromatic carbocycles. The van der Waals surface area contributed by atoms with Gasteiger partial charge in [-0.3, -0.25) is 14.6 Å². The van der Waals surface area contributed by atoms with Crippen molar-refractivity contribution in [2.45, 2.75) is 38.6 Å². The van der Waals surface area contributed by atoms with Crippen molar-refractivity contribution in [3.05, 3.63) is 77.8 Å². The summed E-state index contributed by atoms with van der Waals surface area (Å²) in [5.41, 5.74) is 2.66. The summed E-state index contributed by atoms with van der Waals surface area (Å²) in [4.78, 5) is 31.2. The maximum Gasteiger partial charge on any atom is 0.251 e. The third-order valence-electron chi connectivity index (χ3n) is 5.86. The predicted molar refractivity (Wildman–Crippen MR) is 107 cm³/mol. The second kappa shape index (κ2) is 7.97. The first-order chi connectivity index (χ1) is 13.7.